The minimum Gasteiger partial charge on any atom is -0.545 e. The molecule has 1 fully saturated rings. The first-order chi connectivity index (χ1) is 13.3. The van der Waals surface area contributed by atoms with Gasteiger partial charge in [0.15, 0.2) is 5.17 Å². The summed E-state index contributed by atoms with van der Waals surface area (Å²) in [6, 6.07) is 13.0. The number of anilines is 1. The fourth-order valence-corrected chi connectivity index (χ4v) is 3.80. The lowest BCUT2D eigenvalue weighted by atomic mass is 10.2. The van der Waals surface area contributed by atoms with Gasteiger partial charge in [0.1, 0.15) is 5.25 Å². The second-order valence-corrected chi connectivity index (χ2v) is 8.08. The van der Waals surface area contributed by atoms with Crippen molar-refractivity contribution in [2.45, 2.75) is 11.7 Å². The number of nitrogens with zero attached hydrogens (tertiary/aromatic N) is 2. The van der Waals surface area contributed by atoms with Crippen molar-refractivity contribution in [3.63, 3.8) is 0 Å². The van der Waals surface area contributed by atoms with Gasteiger partial charge in [-0.25, -0.2) is 4.99 Å². The number of nitrogens with one attached hydrogen (secondary N) is 1. The number of benzene rings is 2. The quantitative estimate of drug-likeness (QED) is 0.754. The van der Waals surface area contributed by atoms with Crippen molar-refractivity contribution in [1.82, 2.24) is 4.90 Å². The van der Waals surface area contributed by atoms with Crippen LogP contribution in [0.1, 0.15) is 16.8 Å². The predicted octanol–water partition coefficient (Wildman–Crippen LogP) is 2.40. The van der Waals surface area contributed by atoms with Crippen LogP contribution in [0.4, 0.5) is 11.4 Å². The summed E-state index contributed by atoms with van der Waals surface area (Å²) < 4.78 is 0.910. The molecular weight excluding hydrogens is 446 g/mol. The first kappa shape index (κ1) is 20.1. The number of carbonyl (C=O) groups excluding carboxylic acids is 3. The molecule has 3 rings (SSSR count). The summed E-state index contributed by atoms with van der Waals surface area (Å²) in [6.07, 6.45) is 0.0204. The van der Waals surface area contributed by atoms with E-state index in [1.54, 1.807) is 25.2 Å². The average molecular weight is 461 g/mol. The number of hydrogen-bond acceptors (Lipinski definition) is 6. The van der Waals surface area contributed by atoms with Gasteiger partial charge in [0.25, 0.3) is 0 Å². The van der Waals surface area contributed by atoms with Gasteiger partial charge >= 0.3 is 0 Å². The molecule has 0 aromatic heterocycles. The standard InChI is InChI=1S/C19H16BrN3O4S/c1-23-16(24)10-15(28-19(23)22-13-7-5-12(20)6-8-13)17(25)21-14-4-2-3-11(9-14)18(26)27/h2-9,15H,10H2,1H3,(H,21,25)(H,26,27)/p-1/t15-/m0/s1. The van der Waals surface area contributed by atoms with Crippen LogP contribution in [0.5, 0.6) is 0 Å². The Morgan fingerprint density at radius 1 is 1.25 bits per heavy atom. The molecule has 2 aromatic carbocycles. The molecule has 0 bridgehead atoms. The van der Waals surface area contributed by atoms with Crippen LogP contribution in [0, 0.1) is 0 Å². The minimum absolute atomic E-state index is 0.0204. The molecule has 1 aliphatic rings. The van der Waals surface area contributed by atoms with Gasteiger partial charge < -0.3 is 15.2 Å². The van der Waals surface area contributed by atoms with Crippen LogP contribution in [-0.4, -0.2) is 40.1 Å². The Balaban J connectivity index is 1.77. The summed E-state index contributed by atoms with van der Waals surface area (Å²) in [6.45, 7) is 0. The Labute approximate surface area is 174 Å². The maximum Gasteiger partial charge on any atom is 0.238 e. The molecule has 7 nitrogen and oxygen atoms in total. The molecule has 144 valence electrons. The zero-order valence-corrected chi connectivity index (χ0v) is 17.1. The van der Waals surface area contributed by atoms with E-state index in [1.807, 2.05) is 12.1 Å². The molecule has 2 amide bonds. The van der Waals surface area contributed by atoms with Crippen molar-refractivity contribution in [2.24, 2.45) is 4.99 Å². The summed E-state index contributed by atoms with van der Waals surface area (Å²) in [4.78, 5) is 41.8. The number of rotatable bonds is 4. The Bertz CT molecular complexity index is 962. The molecular formula is C19H15BrN3O4S-. The third kappa shape index (κ3) is 4.79. The Morgan fingerprint density at radius 2 is 1.96 bits per heavy atom. The topological polar surface area (TPSA) is 102 Å². The zero-order valence-electron chi connectivity index (χ0n) is 14.7. The highest BCUT2D eigenvalue weighted by Gasteiger charge is 2.34. The number of carboxylic acid groups (broad SMARTS) is 1. The minimum atomic E-state index is -1.33. The molecule has 1 heterocycles. The molecule has 1 N–H and O–H groups in total. The first-order valence-corrected chi connectivity index (χ1v) is 9.90. The van der Waals surface area contributed by atoms with E-state index in [1.165, 1.54) is 34.9 Å². The van der Waals surface area contributed by atoms with Crippen molar-refractivity contribution in [3.8, 4) is 0 Å². The van der Waals surface area contributed by atoms with Crippen molar-refractivity contribution in [3.05, 3.63) is 58.6 Å². The fraction of sp³-hybridized carbons (Fsp3) is 0.158. The maximum atomic E-state index is 12.6. The van der Waals surface area contributed by atoms with Crippen LogP contribution in [-0.2, 0) is 9.59 Å². The summed E-state index contributed by atoms with van der Waals surface area (Å²) >= 11 is 4.54. The Morgan fingerprint density at radius 3 is 2.64 bits per heavy atom. The SMILES string of the molecule is CN1C(=O)C[C@@H](C(=O)Nc2cccc(C(=O)[O-])c2)SC1=Nc1ccc(Br)cc1. The van der Waals surface area contributed by atoms with Gasteiger partial charge in [0, 0.05) is 23.6 Å². The average Bonchev–Trinajstić information content (AvgIpc) is 2.67. The number of carbonyl (C=O) groups is 3. The van der Waals surface area contributed by atoms with Crippen molar-refractivity contribution >= 4 is 62.0 Å². The third-order valence-electron chi connectivity index (χ3n) is 3.98. The molecule has 0 aliphatic carbocycles. The molecule has 2 aromatic rings. The van der Waals surface area contributed by atoms with Gasteiger partial charge in [-0.2, -0.15) is 0 Å². The second kappa shape index (κ2) is 8.57. The van der Waals surface area contributed by atoms with E-state index in [9.17, 15) is 19.5 Å². The van der Waals surface area contributed by atoms with Crippen LogP contribution < -0.4 is 10.4 Å². The van der Waals surface area contributed by atoms with Gasteiger partial charge in [0.05, 0.1) is 11.7 Å². The summed E-state index contributed by atoms with van der Waals surface area (Å²) in [7, 11) is 1.62. The highest BCUT2D eigenvalue weighted by molar-refractivity contribution is 9.10. The van der Waals surface area contributed by atoms with Gasteiger partial charge in [-0.1, -0.05) is 39.8 Å². The van der Waals surface area contributed by atoms with Crippen LogP contribution in [0.15, 0.2) is 58.0 Å². The predicted molar refractivity (Wildman–Crippen MR) is 109 cm³/mol. The number of hydrogen-bond donors (Lipinski definition) is 1. The molecule has 28 heavy (non-hydrogen) atoms. The molecule has 0 unspecified atom stereocenters. The van der Waals surface area contributed by atoms with E-state index in [0.717, 1.165) is 4.47 Å². The van der Waals surface area contributed by atoms with E-state index >= 15 is 0 Å². The highest BCUT2D eigenvalue weighted by atomic mass is 79.9. The van der Waals surface area contributed by atoms with E-state index in [4.69, 9.17) is 0 Å². The summed E-state index contributed by atoms with van der Waals surface area (Å²) in [5.74, 6) is -1.95. The molecule has 1 saturated heterocycles. The summed E-state index contributed by atoms with van der Waals surface area (Å²) in [5, 5.41) is 13.4. The monoisotopic (exact) mass is 460 g/mol. The first-order valence-electron chi connectivity index (χ1n) is 8.23. The van der Waals surface area contributed by atoms with E-state index in [0.29, 0.717) is 16.5 Å². The molecule has 0 radical (unpaired) electrons. The lowest BCUT2D eigenvalue weighted by Crippen LogP contribution is -2.43. The molecule has 0 spiro atoms. The number of halogens is 1. The third-order valence-corrected chi connectivity index (χ3v) is 5.75. The van der Waals surface area contributed by atoms with Gasteiger partial charge in [-0.05, 0) is 42.0 Å². The van der Waals surface area contributed by atoms with Crippen LogP contribution in [0.3, 0.4) is 0 Å². The normalized spacial score (nSPS) is 18.2. The Hall–Kier alpha value is -2.65. The van der Waals surface area contributed by atoms with Gasteiger partial charge in [-0.15, -0.1) is 0 Å². The Kier molecular flexibility index (Phi) is 6.15. The van der Waals surface area contributed by atoms with E-state index < -0.39 is 17.1 Å². The fourth-order valence-electron chi connectivity index (χ4n) is 2.47. The number of amides is 2. The highest BCUT2D eigenvalue weighted by Crippen LogP contribution is 2.29. The summed E-state index contributed by atoms with van der Waals surface area (Å²) in [5.41, 5.74) is 0.945. The smallest absolute Gasteiger partial charge is 0.238 e. The van der Waals surface area contributed by atoms with Crippen molar-refractivity contribution in [1.29, 1.82) is 0 Å². The lowest BCUT2D eigenvalue weighted by Gasteiger charge is -2.28. The van der Waals surface area contributed by atoms with E-state index in [2.05, 4.69) is 26.2 Å². The number of aromatic carboxylic acids is 1. The number of aliphatic imine (C=N–C) groups is 1. The molecule has 0 saturated carbocycles. The largest absolute Gasteiger partial charge is 0.545 e. The van der Waals surface area contributed by atoms with Crippen molar-refractivity contribution in [2.75, 3.05) is 12.4 Å². The van der Waals surface area contributed by atoms with Crippen LogP contribution >= 0.6 is 27.7 Å². The number of carboxylic acids is 1. The molecule has 1 atom stereocenters. The number of amidine groups is 1. The maximum absolute atomic E-state index is 12.6. The molecule has 1 aliphatic heterocycles. The van der Waals surface area contributed by atoms with Crippen molar-refractivity contribution < 1.29 is 19.5 Å². The van der Waals surface area contributed by atoms with Gasteiger partial charge in [0.2, 0.25) is 11.8 Å². The van der Waals surface area contributed by atoms with Crippen LogP contribution in [0.2, 0.25) is 0 Å². The van der Waals surface area contributed by atoms with E-state index in [-0.39, 0.29) is 17.9 Å². The second-order valence-electron chi connectivity index (χ2n) is 5.99. The van der Waals surface area contributed by atoms with Crippen LogP contribution in [0.25, 0.3) is 0 Å². The zero-order chi connectivity index (χ0) is 20.3. The number of thioether (sulfide) groups is 1. The molecule has 9 heteroatoms. The van der Waals surface area contributed by atoms with Gasteiger partial charge in [-0.3, -0.25) is 14.5 Å². The lowest BCUT2D eigenvalue weighted by molar-refractivity contribution is -0.255.